The third kappa shape index (κ3) is 10.9. The van der Waals surface area contributed by atoms with Gasteiger partial charge in [0.05, 0.1) is 17.3 Å². The van der Waals surface area contributed by atoms with Gasteiger partial charge in [0.15, 0.2) is 21.4 Å². The summed E-state index contributed by atoms with van der Waals surface area (Å²) in [6, 6.07) is 8.28. The van der Waals surface area contributed by atoms with Crippen LogP contribution in [-0.2, 0) is 57.0 Å². The summed E-state index contributed by atoms with van der Waals surface area (Å²) in [5, 5.41) is 23.1. The van der Waals surface area contributed by atoms with Crippen LogP contribution in [0.15, 0.2) is 67.3 Å². The Balaban J connectivity index is 1.67. The number of nitrogens with zero attached hydrogens (tertiary/aromatic N) is 6. The van der Waals surface area contributed by atoms with E-state index in [2.05, 4.69) is 40.0 Å². The summed E-state index contributed by atoms with van der Waals surface area (Å²) in [5.74, 6) is -3.10. The number of halogens is 1. The first-order chi connectivity index (χ1) is 24.5. The molecule has 27 heteroatoms. The molecule has 2 aromatic carbocycles. The number of pyridine rings is 1. The van der Waals surface area contributed by atoms with E-state index in [1.165, 1.54) is 32.0 Å². The smallest absolute Gasteiger partial charge is 0.397 e. The fraction of sp³-hybridized carbons (Fsp3) is 0.231. The molecule has 0 fully saturated rings. The van der Waals surface area contributed by atoms with E-state index < -0.39 is 86.3 Å². The summed E-state index contributed by atoms with van der Waals surface area (Å²) in [4.78, 5) is 24.0. The number of azo groups is 1. The highest BCUT2D eigenvalue weighted by atomic mass is 35.5. The number of anilines is 4. The van der Waals surface area contributed by atoms with E-state index in [0.717, 1.165) is 28.8 Å². The molecule has 2 heterocycles. The Morgan fingerprint density at radius 1 is 0.887 bits per heavy atom. The maximum absolute atomic E-state index is 13.1. The number of rotatable bonds is 15. The van der Waals surface area contributed by atoms with Crippen molar-refractivity contribution in [2.45, 2.75) is 35.9 Å². The summed E-state index contributed by atoms with van der Waals surface area (Å²) in [5.41, 5.74) is -2.43. The van der Waals surface area contributed by atoms with Gasteiger partial charge in [-0.3, -0.25) is 23.0 Å². The molecule has 0 saturated heterocycles. The molecule has 22 nitrogen and oxygen atoms in total. The van der Waals surface area contributed by atoms with Crippen molar-refractivity contribution in [1.29, 1.82) is 0 Å². The standard InChI is InChI=1S/C26H27ClN8O14S4/c1-3-35-22(36)18(13-51(40,41)42)14(2)21(23(35)37)34-33-19-12-16(7-8-20(19)52(43,44)45)29-26-31-24(27)30-25(32-26)28-15-5-4-6-17(11-15)50(38,39)10-9-49-53(46,47)48/h4-8,11-12,36H,3,9-10,13H2,1-2H3,(H,40,41,42)(H,43,44,45)(H,46,47,48)(H2,28,29,30,31,32). The molecule has 0 aliphatic rings. The van der Waals surface area contributed by atoms with Crippen molar-refractivity contribution in [3.63, 3.8) is 0 Å². The second kappa shape index (κ2) is 15.7. The van der Waals surface area contributed by atoms with Crippen molar-refractivity contribution in [2.75, 3.05) is 23.0 Å². The van der Waals surface area contributed by atoms with Crippen molar-refractivity contribution < 1.29 is 56.6 Å². The van der Waals surface area contributed by atoms with Gasteiger partial charge in [0.25, 0.3) is 25.8 Å². The molecule has 0 bridgehead atoms. The Morgan fingerprint density at radius 3 is 2.08 bits per heavy atom. The van der Waals surface area contributed by atoms with Gasteiger partial charge >= 0.3 is 10.4 Å². The highest BCUT2D eigenvalue weighted by Crippen LogP contribution is 2.33. The summed E-state index contributed by atoms with van der Waals surface area (Å²) < 4.78 is 127. The fourth-order valence-corrected chi connectivity index (χ4v) is 7.48. The van der Waals surface area contributed by atoms with Gasteiger partial charge in [-0.2, -0.15) is 40.2 Å². The molecule has 0 aliphatic heterocycles. The minimum atomic E-state index is -4.95. The summed E-state index contributed by atoms with van der Waals surface area (Å²) >= 11 is 6.06. The van der Waals surface area contributed by atoms with E-state index in [4.69, 9.17) is 16.2 Å². The lowest BCUT2D eigenvalue weighted by molar-refractivity contribution is 0.284. The SMILES string of the molecule is CCn1c(O)c(CS(=O)(=O)O)c(C)c(N=Nc2cc(Nc3nc(Cl)nc(Nc4cccc(S(=O)(=O)CCOS(=O)(=O)O)c4)n3)ccc2S(=O)(=O)O)c1=O. The van der Waals surface area contributed by atoms with Crippen LogP contribution in [0.5, 0.6) is 5.88 Å². The van der Waals surface area contributed by atoms with E-state index in [0.29, 0.717) is 0 Å². The summed E-state index contributed by atoms with van der Waals surface area (Å²) in [6.07, 6.45) is 0. The van der Waals surface area contributed by atoms with Gasteiger partial charge in [-0.05, 0) is 67.4 Å². The van der Waals surface area contributed by atoms with Crippen molar-refractivity contribution >= 4 is 86.7 Å². The van der Waals surface area contributed by atoms with Gasteiger partial charge in [-0.15, -0.1) is 10.2 Å². The largest absolute Gasteiger partial charge is 0.494 e. The van der Waals surface area contributed by atoms with Crippen molar-refractivity contribution in [3.05, 3.63) is 69.2 Å². The minimum Gasteiger partial charge on any atom is -0.494 e. The maximum atomic E-state index is 13.1. The van der Waals surface area contributed by atoms with Crippen LogP contribution in [0.1, 0.15) is 18.1 Å². The zero-order chi connectivity index (χ0) is 39.5. The maximum Gasteiger partial charge on any atom is 0.397 e. The van der Waals surface area contributed by atoms with Crippen LogP contribution in [-0.4, -0.2) is 84.3 Å². The molecule has 0 saturated carbocycles. The van der Waals surface area contributed by atoms with Crippen LogP contribution in [0.4, 0.5) is 34.6 Å². The second-order valence-corrected chi connectivity index (χ2v) is 16.9. The van der Waals surface area contributed by atoms with E-state index >= 15 is 0 Å². The molecule has 0 amide bonds. The average Bonchev–Trinajstić information content (AvgIpc) is 3.01. The Hall–Kier alpha value is -4.67. The summed E-state index contributed by atoms with van der Waals surface area (Å²) in [7, 11) is -18.6. The lowest BCUT2D eigenvalue weighted by Gasteiger charge is -2.14. The third-order valence-electron chi connectivity index (χ3n) is 6.82. The molecule has 4 aromatic rings. The molecule has 0 aliphatic carbocycles. The van der Waals surface area contributed by atoms with Crippen LogP contribution in [0.2, 0.25) is 5.28 Å². The zero-order valence-electron chi connectivity index (χ0n) is 26.9. The van der Waals surface area contributed by atoms with Gasteiger partial charge in [0, 0.05) is 23.5 Å². The summed E-state index contributed by atoms with van der Waals surface area (Å²) in [6.45, 7) is 1.66. The van der Waals surface area contributed by atoms with Gasteiger partial charge in [0.1, 0.15) is 16.3 Å². The van der Waals surface area contributed by atoms with Crippen molar-refractivity contribution in [2.24, 2.45) is 10.2 Å². The Bertz CT molecular complexity index is 2620. The number of hydrogen-bond donors (Lipinski definition) is 6. The molecular formula is C26H27ClN8O14S4. The first-order valence-corrected chi connectivity index (χ1v) is 20.8. The number of aromatic hydroxyl groups is 1. The number of sulfone groups is 1. The fourth-order valence-electron chi connectivity index (χ4n) is 4.47. The van der Waals surface area contributed by atoms with Crippen LogP contribution < -0.4 is 16.2 Å². The van der Waals surface area contributed by atoms with Gasteiger partial charge in [-0.1, -0.05) is 6.07 Å². The topological polar surface area (TPSA) is 336 Å². The van der Waals surface area contributed by atoms with Crippen LogP contribution in [0.3, 0.4) is 0 Å². The molecule has 0 unspecified atom stereocenters. The second-order valence-electron chi connectivity index (χ2n) is 10.5. The Labute approximate surface area is 306 Å². The van der Waals surface area contributed by atoms with E-state index in [9.17, 15) is 52.7 Å². The van der Waals surface area contributed by atoms with Gasteiger partial charge in [0.2, 0.25) is 17.2 Å². The molecule has 0 radical (unpaired) electrons. The van der Waals surface area contributed by atoms with Crippen LogP contribution in [0, 0.1) is 6.92 Å². The first-order valence-electron chi connectivity index (χ1n) is 14.3. The average molecular weight is 839 g/mol. The van der Waals surface area contributed by atoms with Gasteiger partial charge in [-0.25, -0.2) is 12.6 Å². The normalized spacial score (nSPS) is 12.6. The van der Waals surface area contributed by atoms with E-state index in [1.807, 2.05) is 0 Å². The molecule has 0 atom stereocenters. The molecule has 2 aromatic heterocycles. The predicted octanol–water partition coefficient (Wildman–Crippen LogP) is 2.85. The quantitative estimate of drug-likeness (QED) is 0.0740. The molecular weight excluding hydrogens is 812 g/mol. The van der Waals surface area contributed by atoms with Gasteiger partial charge < -0.3 is 15.7 Å². The molecule has 0 spiro atoms. The molecule has 286 valence electrons. The molecule has 53 heavy (non-hydrogen) atoms. The lowest BCUT2D eigenvalue weighted by atomic mass is 10.1. The highest BCUT2D eigenvalue weighted by Gasteiger charge is 2.23. The highest BCUT2D eigenvalue weighted by molar-refractivity contribution is 7.91. The van der Waals surface area contributed by atoms with Crippen LogP contribution >= 0.6 is 11.6 Å². The molecule has 6 N–H and O–H groups in total. The first kappa shape index (κ1) is 41.1. The molecule has 4 rings (SSSR count). The zero-order valence-corrected chi connectivity index (χ0v) is 31.0. The van der Waals surface area contributed by atoms with Crippen molar-refractivity contribution in [3.8, 4) is 5.88 Å². The monoisotopic (exact) mass is 838 g/mol. The lowest BCUT2D eigenvalue weighted by Crippen LogP contribution is -2.22. The number of nitrogens with one attached hydrogen (secondary N) is 2. The number of hydrogen-bond acceptors (Lipinski definition) is 18. The Kier molecular flexibility index (Phi) is 12.2. The predicted molar refractivity (Wildman–Crippen MR) is 186 cm³/mol. The third-order valence-corrected chi connectivity index (χ3v) is 10.7. The van der Waals surface area contributed by atoms with E-state index in [1.54, 1.807) is 0 Å². The van der Waals surface area contributed by atoms with E-state index in [-0.39, 0.29) is 51.1 Å². The number of aromatic nitrogens is 4. The van der Waals surface area contributed by atoms with Crippen molar-refractivity contribution in [1.82, 2.24) is 19.5 Å². The van der Waals surface area contributed by atoms with Crippen LogP contribution in [0.25, 0.3) is 0 Å². The minimum absolute atomic E-state index is 0.0141. The Morgan fingerprint density at radius 2 is 1.51 bits per heavy atom. The number of benzene rings is 2.